The number of hydrogen-bond acceptors (Lipinski definition) is 8. The third-order valence-corrected chi connectivity index (χ3v) is 4.86. The molecular weight excluding hydrogens is 445 g/mol. The van der Waals surface area contributed by atoms with Gasteiger partial charge in [-0.2, -0.15) is 5.10 Å². The number of hydrazone groups is 1. The molecule has 1 aromatic carbocycles. The van der Waals surface area contributed by atoms with Crippen molar-refractivity contribution in [3.63, 3.8) is 0 Å². The molecule has 31 heavy (non-hydrogen) atoms. The van der Waals surface area contributed by atoms with Gasteiger partial charge in [-0.25, -0.2) is 4.98 Å². The van der Waals surface area contributed by atoms with Crippen LogP contribution in [-0.2, 0) is 0 Å². The fraction of sp³-hybridized carbons (Fsp3) is 0.263. The van der Waals surface area contributed by atoms with Crippen molar-refractivity contribution in [2.45, 2.75) is 19.4 Å². The molecule has 164 valence electrons. The summed E-state index contributed by atoms with van der Waals surface area (Å²) in [4.78, 5) is 29.3. The molecule has 0 aliphatic carbocycles. The quantitative estimate of drug-likeness (QED) is 0.271. The first-order valence-electron chi connectivity index (χ1n) is 9.17. The lowest BCUT2D eigenvalue weighted by Gasteiger charge is -2.28. The summed E-state index contributed by atoms with van der Waals surface area (Å²) in [6.07, 6.45) is 4.12. The summed E-state index contributed by atoms with van der Waals surface area (Å²) in [6, 6.07) is 5.66. The van der Waals surface area contributed by atoms with Gasteiger partial charge in [0, 0.05) is 43.1 Å². The Kier molecular flexibility index (Phi) is 8.71. The van der Waals surface area contributed by atoms with E-state index in [1.165, 1.54) is 29.4 Å². The molecule has 0 saturated heterocycles. The Morgan fingerprint density at radius 3 is 2.77 bits per heavy atom. The maximum Gasteiger partial charge on any atom is 0.312 e. The van der Waals surface area contributed by atoms with E-state index in [-0.39, 0.29) is 35.0 Å². The molecule has 1 amide bonds. The lowest BCUT2D eigenvalue weighted by Crippen LogP contribution is -2.41. The van der Waals surface area contributed by atoms with Gasteiger partial charge in [-0.1, -0.05) is 30.1 Å². The zero-order chi connectivity index (χ0) is 23.0. The van der Waals surface area contributed by atoms with Gasteiger partial charge >= 0.3 is 5.69 Å². The summed E-state index contributed by atoms with van der Waals surface area (Å²) in [7, 11) is 1.63. The van der Waals surface area contributed by atoms with E-state index in [0.29, 0.717) is 22.7 Å². The van der Waals surface area contributed by atoms with Gasteiger partial charge in [0.1, 0.15) is 0 Å². The van der Waals surface area contributed by atoms with Crippen LogP contribution < -0.4 is 10.7 Å². The Balaban J connectivity index is 2.21. The second kappa shape index (κ2) is 11.2. The minimum atomic E-state index is -0.574. The highest BCUT2D eigenvalue weighted by Gasteiger charge is 2.24. The van der Waals surface area contributed by atoms with Crippen molar-refractivity contribution in [1.82, 2.24) is 9.88 Å². The first-order valence-corrected chi connectivity index (χ1v) is 9.92. The van der Waals surface area contributed by atoms with E-state index in [2.05, 4.69) is 20.8 Å². The average Bonchev–Trinajstić information content (AvgIpc) is 2.75. The molecule has 0 aliphatic heterocycles. The molecule has 1 aromatic heterocycles. The molecule has 2 aromatic rings. The number of carbonyl (C=O) groups is 1. The van der Waals surface area contributed by atoms with Gasteiger partial charge in [-0.05, 0) is 24.6 Å². The van der Waals surface area contributed by atoms with Crippen LogP contribution in [0.1, 0.15) is 23.7 Å². The maximum absolute atomic E-state index is 13.1. The first-order chi connectivity index (χ1) is 14.8. The number of carbonyl (C=O) groups excluding carboxylic acids is 1. The number of anilines is 2. The second-order valence-electron chi connectivity index (χ2n) is 6.38. The number of hydrogen-bond donors (Lipinski definition) is 3. The summed E-state index contributed by atoms with van der Waals surface area (Å²) >= 11 is 11.9. The summed E-state index contributed by atoms with van der Waals surface area (Å²) in [5.41, 5.74) is 3.19. The van der Waals surface area contributed by atoms with Crippen LogP contribution in [0.2, 0.25) is 10.0 Å². The molecule has 10 nitrogen and oxygen atoms in total. The van der Waals surface area contributed by atoms with E-state index >= 15 is 0 Å². The van der Waals surface area contributed by atoms with E-state index in [9.17, 15) is 14.9 Å². The molecule has 1 heterocycles. The van der Waals surface area contributed by atoms with Gasteiger partial charge in [0.15, 0.2) is 0 Å². The van der Waals surface area contributed by atoms with E-state index in [0.717, 1.165) is 6.21 Å². The smallest absolute Gasteiger partial charge is 0.312 e. The summed E-state index contributed by atoms with van der Waals surface area (Å²) in [6.45, 7) is 2.12. The zero-order valence-electron chi connectivity index (χ0n) is 16.8. The Morgan fingerprint density at radius 1 is 1.39 bits per heavy atom. The van der Waals surface area contributed by atoms with Gasteiger partial charge in [-0.3, -0.25) is 20.3 Å². The number of pyridine rings is 1. The lowest BCUT2D eigenvalue weighted by atomic mass is 10.1. The van der Waals surface area contributed by atoms with Crippen LogP contribution in [0.3, 0.4) is 0 Å². The van der Waals surface area contributed by atoms with Crippen LogP contribution in [0.25, 0.3) is 0 Å². The minimum Gasteiger partial charge on any atom is -0.362 e. The molecule has 1 unspecified atom stereocenters. The Hall–Kier alpha value is -3.24. The largest absolute Gasteiger partial charge is 0.362 e. The number of nitrogens with one attached hydrogen (secondary N) is 3. The number of halogens is 2. The van der Waals surface area contributed by atoms with Crippen LogP contribution in [0.4, 0.5) is 17.2 Å². The fourth-order valence-corrected chi connectivity index (χ4v) is 3.09. The monoisotopic (exact) mass is 465 g/mol. The summed E-state index contributed by atoms with van der Waals surface area (Å²) in [5, 5.41) is 25.5. The zero-order valence-corrected chi connectivity index (χ0v) is 18.3. The van der Waals surface area contributed by atoms with Crippen LogP contribution >= 0.6 is 23.2 Å². The highest BCUT2D eigenvalue weighted by atomic mass is 35.5. The van der Waals surface area contributed by atoms with Crippen molar-refractivity contribution in [3.05, 3.63) is 56.2 Å². The number of amides is 1. The highest BCUT2D eigenvalue weighted by Crippen LogP contribution is 2.26. The Morgan fingerprint density at radius 2 is 2.13 bits per heavy atom. The van der Waals surface area contributed by atoms with Crippen LogP contribution in [-0.4, -0.2) is 52.8 Å². The Labute approximate surface area is 188 Å². The molecule has 0 radical (unpaired) electrons. The van der Waals surface area contributed by atoms with Crippen molar-refractivity contribution < 1.29 is 9.72 Å². The molecule has 0 spiro atoms. The van der Waals surface area contributed by atoms with E-state index < -0.39 is 4.92 Å². The topological polar surface area (TPSA) is 137 Å². The van der Waals surface area contributed by atoms with Gasteiger partial charge in [0.05, 0.1) is 27.4 Å². The molecule has 0 saturated carbocycles. The van der Waals surface area contributed by atoms with E-state index in [1.54, 1.807) is 19.2 Å². The number of benzene rings is 1. The van der Waals surface area contributed by atoms with Crippen molar-refractivity contribution >= 4 is 58.7 Å². The molecule has 0 aliphatic rings. The molecule has 12 heteroatoms. The third-order valence-electron chi connectivity index (χ3n) is 4.42. The number of likely N-dealkylation sites (N-methyl/N-ethyl adjacent to an activating group) is 1. The average molecular weight is 466 g/mol. The van der Waals surface area contributed by atoms with Gasteiger partial charge < -0.3 is 15.6 Å². The predicted octanol–water partition coefficient (Wildman–Crippen LogP) is 4.31. The second-order valence-corrected chi connectivity index (χ2v) is 7.26. The number of aromatic nitrogens is 1. The molecule has 1 atom stereocenters. The van der Waals surface area contributed by atoms with Crippen LogP contribution in [0.5, 0.6) is 0 Å². The number of nitrogens with zero attached hydrogens (tertiary/aromatic N) is 4. The predicted molar refractivity (Wildman–Crippen MR) is 123 cm³/mol. The molecule has 3 N–H and O–H groups in total. The van der Waals surface area contributed by atoms with Crippen molar-refractivity contribution in [3.8, 4) is 0 Å². The Bertz CT molecular complexity index is 1000. The number of nitro groups is 1. The lowest BCUT2D eigenvalue weighted by molar-refractivity contribution is -0.384. The van der Waals surface area contributed by atoms with Gasteiger partial charge in [-0.15, -0.1) is 0 Å². The maximum atomic E-state index is 13.1. The van der Waals surface area contributed by atoms with Crippen LogP contribution in [0.15, 0.2) is 35.6 Å². The van der Waals surface area contributed by atoms with E-state index in [1.807, 2.05) is 6.92 Å². The third kappa shape index (κ3) is 6.37. The van der Waals surface area contributed by atoms with Crippen molar-refractivity contribution in [1.29, 1.82) is 5.41 Å². The van der Waals surface area contributed by atoms with E-state index in [4.69, 9.17) is 28.6 Å². The number of rotatable bonds is 10. The van der Waals surface area contributed by atoms with Gasteiger partial charge in [0.25, 0.3) is 5.91 Å². The first kappa shape index (κ1) is 24.0. The van der Waals surface area contributed by atoms with Crippen molar-refractivity contribution in [2.75, 3.05) is 24.3 Å². The fourth-order valence-electron chi connectivity index (χ4n) is 2.76. The van der Waals surface area contributed by atoms with Gasteiger partial charge in [0.2, 0.25) is 5.82 Å². The standard InChI is InChI=1S/C19H21Cl2N7O3/c1-3-14(11-24-18-17(28(30)31)9-13(21)10-23-18)27(2)19(29)15-8-12(20)4-5-16(15)26-25-7-6-22/h4-10,14,22,26H,3,11H2,1-2H3,(H,23,24)/b22-6?,25-7-. The summed E-state index contributed by atoms with van der Waals surface area (Å²) in [5.74, 6) is -0.248. The molecule has 2 rings (SSSR count). The molecular formula is C19H21Cl2N7O3. The molecule has 0 bridgehead atoms. The SMILES string of the molecule is CCC(CNc1ncc(Cl)cc1[N+](=O)[O-])N(C)C(=O)c1cc(Cl)ccc1N/N=C\C=N. The molecule has 0 fully saturated rings. The minimum absolute atomic E-state index is 0.0693. The van der Waals surface area contributed by atoms with Crippen LogP contribution in [0, 0.1) is 15.5 Å². The van der Waals surface area contributed by atoms with Crippen molar-refractivity contribution in [2.24, 2.45) is 5.10 Å². The highest BCUT2D eigenvalue weighted by molar-refractivity contribution is 6.31. The summed E-state index contributed by atoms with van der Waals surface area (Å²) < 4.78 is 0. The normalized spacial score (nSPS) is 11.7.